The van der Waals surface area contributed by atoms with Crippen molar-refractivity contribution in [3.8, 4) is 0 Å². The lowest BCUT2D eigenvalue weighted by atomic mass is 10.3. The van der Waals surface area contributed by atoms with E-state index in [1.54, 1.807) is 12.1 Å². The predicted octanol–water partition coefficient (Wildman–Crippen LogP) is 0.411. The third-order valence-corrected chi connectivity index (χ3v) is 3.97. The summed E-state index contributed by atoms with van der Waals surface area (Å²) in [6.07, 6.45) is 0.508. The first-order valence-electron chi connectivity index (χ1n) is 5.46. The minimum absolute atomic E-state index is 0.0942. The highest BCUT2D eigenvalue weighted by molar-refractivity contribution is 7.91. The molecule has 0 saturated carbocycles. The average molecular weight is 271 g/mol. The standard InChI is InChI=1S/C12H17NO4S/c1-2-7-18(16,17)12-5-3-10(4-6-12)13-8-11(15)9-14/h2-6,11,13-15H,1,7-9H2. The van der Waals surface area contributed by atoms with Crippen molar-refractivity contribution in [3.05, 3.63) is 36.9 Å². The molecule has 0 saturated heterocycles. The van der Waals surface area contributed by atoms with Crippen LogP contribution in [0.15, 0.2) is 41.8 Å². The van der Waals surface area contributed by atoms with E-state index in [0.717, 1.165) is 0 Å². The summed E-state index contributed by atoms with van der Waals surface area (Å²) in [7, 11) is -3.30. The van der Waals surface area contributed by atoms with Gasteiger partial charge in [0.1, 0.15) is 0 Å². The second kappa shape index (κ2) is 6.53. The lowest BCUT2D eigenvalue weighted by molar-refractivity contribution is 0.105. The Bertz CT molecular complexity index is 481. The van der Waals surface area contributed by atoms with Crippen LogP contribution < -0.4 is 5.32 Å². The van der Waals surface area contributed by atoms with E-state index >= 15 is 0 Å². The Morgan fingerprint density at radius 1 is 1.33 bits per heavy atom. The summed E-state index contributed by atoms with van der Waals surface area (Å²) < 4.78 is 23.4. The zero-order valence-corrected chi connectivity index (χ0v) is 10.7. The fraction of sp³-hybridized carbons (Fsp3) is 0.333. The van der Waals surface area contributed by atoms with Gasteiger partial charge in [-0.05, 0) is 24.3 Å². The Balaban J connectivity index is 2.71. The summed E-state index contributed by atoms with van der Waals surface area (Å²) in [5.41, 5.74) is 0.681. The van der Waals surface area contributed by atoms with Gasteiger partial charge in [-0.3, -0.25) is 0 Å². The predicted molar refractivity (Wildman–Crippen MR) is 70.3 cm³/mol. The van der Waals surface area contributed by atoms with Gasteiger partial charge in [0, 0.05) is 12.2 Å². The minimum Gasteiger partial charge on any atom is -0.394 e. The molecule has 3 N–H and O–H groups in total. The van der Waals surface area contributed by atoms with Crippen LogP contribution in [-0.2, 0) is 9.84 Å². The molecule has 1 unspecified atom stereocenters. The van der Waals surface area contributed by atoms with Crippen LogP contribution in [0.25, 0.3) is 0 Å². The maximum absolute atomic E-state index is 11.7. The van der Waals surface area contributed by atoms with Crippen LogP contribution in [0.4, 0.5) is 5.69 Å². The first-order valence-corrected chi connectivity index (χ1v) is 7.11. The van der Waals surface area contributed by atoms with E-state index < -0.39 is 15.9 Å². The number of hydrogen-bond acceptors (Lipinski definition) is 5. The van der Waals surface area contributed by atoms with Gasteiger partial charge in [0.25, 0.3) is 0 Å². The van der Waals surface area contributed by atoms with Crippen molar-refractivity contribution in [3.63, 3.8) is 0 Å². The van der Waals surface area contributed by atoms with Gasteiger partial charge in [0.2, 0.25) is 0 Å². The van der Waals surface area contributed by atoms with E-state index in [2.05, 4.69) is 11.9 Å². The van der Waals surface area contributed by atoms with Crippen LogP contribution in [0.1, 0.15) is 0 Å². The molecule has 1 atom stereocenters. The van der Waals surface area contributed by atoms with Crippen molar-refractivity contribution in [1.82, 2.24) is 0 Å². The molecule has 0 bridgehead atoms. The molecule has 1 aromatic rings. The summed E-state index contributed by atoms with van der Waals surface area (Å²) in [6.45, 7) is 3.29. The Morgan fingerprint density at radius 3 is 2.44 bits per heavy atom. The van der Waals surface area contributed by atoms with E-state index in [1.165, 1.54) is 18.2 Å². The normalized spacial score (nSPS) is 13.0. The van der Waals surface area contributed by atoms with Crippen LogP contribution >= 0.6 is 0 Å². The highest BCUT2D eigenvalue weighted by Gasteiger charge is 2.11. The number of benzene rings is 1. The molecule has 0 aliphatic heterocycles. The molecule has 0 aliphatic carbocycles. The van der Waals surface area contributed by atoms with E-state index in [9.17, 15) is 8.42 Å². The van der Waals surface area contributed by atoms with E-state index in [0.29, 0.717) is 5.69 Å². The van der Waals surface area contributed by atoms with Crippen LogP contribution in [0.2, 0.25) is 0 Å². The second-order valence-corrected chi connectivity index (χ2v) is 5.85. The average Bonchev–Trinajstić information content (AvgIpc) is 2.36. The number of aliphatic hydroxyl groups excluding tert-OH is 2. The molecular formula is C12H17NO4S. The fourth-order valence-electron chi connectivity index (χ4n) is 1.33. The summed E-state index contributed by atoms with van der Waals surface area (Å²) in [5.74, 6) is -0.0942. The summed E-state index contributed by atoms with van der Waals surface area (Å²) in [5, 5.41) is 20.7. The molecule has 0 amide bonds. The number of nitrogens with one attached hydrogen (secondary N) is 1. The Hall–Kier alpha value is -1.37. The molecule has 0 radical (unpaired) electrons. The van der Waals surface area contributed by atoms with E-state index in [4.69, 9.17) is 10.2 Å². The van der Waals surface area contributed by atoms with Crippen molar-refractivity contribution in [2.45, 2.75) is 11.0 Å². The number of anilines is 1. The smallest absolute Gasteiger partial charge is 0.181 e. The lowest BCUT2D eigenvalue weighted by Crippen LogP contribution is -2.22. The van der Waals surface area contributed by atoms with Crippen LogP contribution in [0.5, 0.6) is 0 Å². The largest absolute Gasteiger partial charge is 0.394 e. The number of rotatable bonds is 7. The molecule has 1 rings (SSSR count). The Labute approximate surface area is 107 Å². The summed E-state index contributed by atoms with van der Waals surface area (Å²) in [6, 6.07) is 6.21. The highest BCUT2D eigenvalue weighted by Crippen LogP contribution is 2.15. The first-order chi connectivity index (χ1) is 8.49. The van der Waals surface area contributed by atoms with Gasteiger partial charge in [-0.1, -0.05) is 6.08 Å². The maximum atomic E-state index is 11.7. The van der Waals surface area contributed by atoms with Crippen LogP contribution in [0.3, 0.4) is 0 Å². The number of aliphatic hydroxyl groups is 2. The summed E-state index contributed by atoms with van der Waals surface area (Å²) in [4.78, 5) is 0.232. The Kier molecular flexibility index (Phi) is 5.33. The molecule has 5 nitrogen and oxygen atoms in total. The first kappa shape index (κ1) is 14.7. The fourth-order valence-corrected chi connectivity index (χ4v) is 2.39. The molecule has 18 heavy (non-hydrogen) atoms. The van der Waals surface area contributed by atoms with Gasteiger partial charge in [-0.2, -0.15) is 0 Å². The molecule has 0 aromatic heterocycles. The van der Waals surface area contributed by atoms with Gasteiger partial charge in [0.15, 0.2) is 9.84 Å². The molecule has 0 aliphatic rings. The molecule has 6 heteroatoms. The van der Waals surface area contributed by atoms with Gasteiger partial charge in [-0.25, -0.2) is 8.42 Å². The number of hydrogen-bond donors (Lipinski definition) is 3. The SMILES string of the molecule is C=CCS(=O)(=O)c1ccc(NCC(O)CO)cc1. The van der Waals surface area contributed by atoms with Gasteiger partial charge in [0.05, 0.1) is 23.4 Å². The van der Waals surface area contributed by atoms with Gasteiger partial charge in [-0.15, -0.1) is 6.58 Å². The second-order valence-electron chi connectivity index (χ2n) is 3.81. The molecule has 100 valence electrons. The van der Waals surface area contributed by atoms with Crippen molar-refractivity contribution >= 4 is 15.5 Å². The third-order valence-electron chi connectivity index (χ3n) is 2.30. The van der Waals surface area contributed by atoms with Gasteiger partial charge < -0.3 is 15.5 Å². The van der Waals surface area contributed by atoms with Crippen molar-refractivity contribution in [1.29, 1.82) is 0 Å². The monoisotopic (exact) mass is 271 g/mol. The van der Waals surface area contributed by atoms with Crippen LogP contribution in [-0.4, -0.2) is 43.6 Å². The zero-order valence-electron chi connectivity index (χ0n) is 9.91. The van der Waals surface area contributed by atoms with Gasteiger partial charge >= 0.3 is 0 Å². The van der Waals surface area contributed by atoms with Crippen molar-refractivity contribution in [2.24, 2.45) is 0 Å². The van der Waals surface area contributed by atoms with E-state index in [1.807, 2.05) is 0 Å². The molecule has 0 spiro atoms. The quantitative estimate of drug-likeness (QED) is 0.625. The van der Waals surface area contributed by atoms with Crippen LogP contribution in [0, 0.1) is 0 Å². The van der Waals surface area contributed by atoms with Crippen molar-refractivity contribution < 1.29 is 18.6 Å². The molecule has 0 fully saturated rings. The molecular weight excluding hydrogens is 254 g/mol. The third kappa shape index (κ3) is 4.14. The number of sulfone groups is 1. The minimum atomic E-state index is -3.30. The summed E-state index contributed by atoms with van der Waals surface area (Å²) >= 11 is 0. The lowest BCUT2D eigenvalue weighted by Gasteiger charge is -2.10. The van der Waals surface area contributed by atoms with Crippen molar-refractivity contribution in [2.75, 3.05) is 24.2 Å². The molecule has 1 aromatic carbocycles. The molecule has 0 heterocycles. The maximum Gasteiger partial charge on any atom is 0.181 e. The van der Waals surface area contributed by atoms with E-state index in [-0.39, 0.29) is 23.8 Å². The Morgan fingerprint density at radius 2 is 1.94 bits per heavy atom. The highest BCUT2D eigenvalue weighted by atomic mass is 32.2. The topological polar surface area (TPSA) is 86.6 Å². The zero-order chi connectivity index (χ0) is 13.6.